The summed E-state index contributed by atoms with van der Waals surface area (Å²) in [4.78, 5) is 13.7. The maximum atomic E-state index is 11.9. The van der Waals surface area contributed by atoms with Gasteiger partial charge in [0.15, 0.2) is 0 Å². The van der Waals surface area contributed by atoms with Gasteiger partial charge in [-0.25, -0.2) is 0 Å². The zero-order valence-electron chi connectivity index (χ0n) is 10.9. The van der Waals surface area contributed by atoms with Crippen molar-refractivity contribution >= 4 is 5.91 Å². The normalized spacial score (nSPS) is 22.8. The van der Waals surface area contributed by atoms with E-state index in [1.54, 1.807) is 0 Å². The molecule has 1 aromatic carbocycles. The minimum Gasteiger partial charge on any atom is -0.369 e. The molecule has 0 saturated carbocycles. The van der Waals surface area contributed by atoms with Gasteiger partial charge in [0.25, 0.3) is 0 Å². The van der Waals surface area contributed by atoms with E-state index in [1.807, 2.05) is 49.1 Å². The summed E-state index contributed by atoms with van der Waals surface area (Å²) in [5, 5.41) is 0. The Morgan fingerprint density at radius 3 is 2.72 bits per heavy atom. The summed E-state index contributed by atoms with van der Waals surface area (Å²) in [6.07, 6.45) is -0.0604. The second-order valence-corrected chi connectivity index (χ2v) is 5.23. The Morgan fingerprint density at radius 2 is 2.11 bits per heavy atom. The highest BCUT2D eigenvalue weighted by Crippen LogP contribution is 2.29. The number of rotatable bonds is 2. The van der Waals surface area contributed by atoms with Gasteiger partial charge in [-0.3, -0.25) is 4.79 Å². The summed E-state index contributed by atoms with van der Waals surface area (Å²) in [5.41, 5.74) is 6.29. The van der Waals surface area contributed by atoms with Crippen LogP contribution in [0.25, 0.3) is 0 Å². The van der Waals surface area contributed by atoms with E-state index in [0.29, 0.717) is 13.2 Å². The molecule has 1 atom stereocenters. The summed E-state index contributed by atoms with van der Waals surface area (Å²) in [5.74, 6) is -0.0239. The van der Waals surface area contributed by atoms with Crippen LogP contribution in [0.1, 0.15) is 25.5 Å². The van der Waals surface area contributed by atoms with Crippen LogP contribution in [0.3, 0.4) is 0 Å². The van der Waals surface area contributed by atoms with E-state index in [0.717, 1.165) is 5.56 Å². The highest BCUT2D eigenvalue weighted by atomic mass is 16.5. The maximum Gasteiger partial charge on any atom is 0.236 e. The second-order valence-electron chi connectivity index (χ2n) is 5.23. The predicted molar refractivity (Wildman–Crippen MR) is 70.0 cm³/mol. The molecule has 2 rings (SSSR count). The van der Waals surface area contributed by atoms with Crippen molar-refractivity contribution in [2.75, 3.05) is 19.7 Å². The van der Waals surface area contributed by atoms with E-state index in [-0.39, 0.29) is 24.1 Å². The van der Waals surface area contributed by atoms with Gasteiger partial charge in [0.05, 0.1) is 25.2 Å². The van der Waals surface area contributed by atoms with Crippen LogP contribution in [0.4, 0.5) is 0 Å². The zero-order chi connectivity index (χ0) is 13.2. The number of benzene rings is 1. The molecule has 0 bridgehead atoms. The first-order chi connectivity index (χ1) is 8.54. The van der Waals surface area contributed by atoms with Crippen molar-refractivity contribution in [1.29, 1.82) is 0 Å². The number of carbonyl (C=O) groups is 1. The van der Waals surface area contributed by atoms with Gasteiger partial charge in [0.2, 0.25) is 5.91 Å². The lowest BCUT2D eigenvalue weighted by molar-refractivity contribution is -0.153. The summed E-state index contributed by atoms with van der Waals surface area (Å²) in [7, 11) is 0. The molecular formula is C14H20N2O2. The fourth-order valence-corrected chi connectivity index (χ4v) is 2.27. The number of nitrogens with two attached hydrogens (primary N) is 1. The highest BCUT2D eigenvalue weighted by Gasteiger charge is 2.37. The lowest BCUT2D eigenvalue weighted by Crippen LogP contribution is -2.57. The minimum atomic E-state index is -0.290. The number of amides is 1. The van der Waals surface area contributed by atoms with Gasteiger partial charge in [-0.15, -0.1) is 0 Å². The molecule has 0 radical (unpaired) electrons. The fourth-order valence-electron chi connectivity index (χ4n) is 2.27. The lowest BCUT2D eigenvalue weighted by Gasteiger charge is -2.45. The van der Waals surface area contributed by atoms with E-state index < -0.39 is 0 Å². The van der Waals surface area contributed by atoms with Crippen molar-refractivity contribution in [3.63, 3.8) is 0 Å². The molecule has 1 saturated heterocycles. The molecule has 0 aliphatic carbocycles. The topological polar surface area (TPSA) is 55.6 Å². The average Bonchev–Trinajstić information content (AvgIpc) is 2.38. The molecule has 1 fully saturated rings. The van der Waals surface area contributed by atoms with E-state index in [1.165, 1.54) is 0 Å². The van der Waals surface area contributed by atoms with Crippen LogP contribution < -0.4 is 5.73 Å². The molecule has 98 valence electrons. The number of ether oxygens (including phenoxy) is 1. The van der Waals surface area contributed by atoms with Crippen LogP contribution >= 0.6 is 0 Å². The molecule has 1 amide bonds. The van der Waals surface area contributed by atoms with Gasteiger partial charge in [-0.05, 0) is 19.4 Å². The third-order valence-electron chi connectivity index (χ3n) is 3.36. The van der Waals surface area contributed by atoms with Gasteiger partial charge in [-0.2, -0.15) is 0 Å². The SMILES string of the molecule is CC1(C)CO[C@@H](c2ccccc2)CN1C(=O)CN. The first-order valence-corrected chi connectivity index (χ1v) is 6.21. The highest BCUT2D eigenvalue weighted by molar-refractivity contribution is 5.79. The quantitative estimate of drug-likeness (QED) is 0.859. The molecule has 0 spiro atoms. The van der Waals surface area contributed by atoms with Crippen molar-refractivity contribution in [2.24, 2.45) is 5.73 Å². The Hall–Kier alpha value is -1.39. The molecule has 4 nitrogen and oxygen atoms in total. The summed E-state index contributed by atoms with van der Waals surface area (Å²) in [6, 6.07) is 9.97. The summed E-state index contributed by atoms with van der Waals surface area (Å²) < 4.78 is 5.87. The van der Waals surface area contributed by atoms with Gasteiger partial charge in [-0.1, -0.05) is 30.3 Å². The Kier molecular flexibility index (Phi) is 3.68. The van der Waals surface area contributed by atoms with Crippen LogP contribution in [0.2, 0.25) is 0 Å². The molecule has 1 aliphatic rings. The standard InChI is InChI=1S/C14H20N2O2/c1-14(2)10-18-12(9-16(14)13(17)8-15)11-6-4-3-5-7-11/h3-7,12H,8-10,15H2,1-2H3/t12-/m1/s1. The molecule has 1 aromatic rings. The smallest absolute Gasteiger partial charge is 0.236 e. The number of hydrogen-bond acceptors (Lipinski definition) is 3. The predicted octanol–water partition coefficient (Wildman–Crippen LogP) is 1.32. The number of morpholine rings is 1. The molecule has 1 aliphatic heterocycles. The number of hydrogen-bond donors (Lipinski definition) is 1. The lowest BCUT2D eigenvalue weighted by atomic mass is 9.98. The minimum absolute atomic E-state index is 0.0239. The van der Waals surface area contributed by atoms with Crippen LogP contribution in [-0.2, 0) is 9.53 Å². The Labute approximate surface area is 108 Å². The van der Waals surface area contributed by atoms with Crippen LogP contribution in [0.5, 0.6) is 0 Å². The largest absolute Gasteiger partial charge is 0.369 e. The third kappa shape index (κ3) is 2.54. The van der Waals surface area contributed by atoms with Gasteiger partial charge in [0, 0.05) is 0 Å². The Bertz CT molecular complexity index is 417. The molecule has 0 unspecified atom stereocenters. The fraction of sp³-hybridized carbons (Fsp3) is 0.500. The molecule has 0 aromatic heterocycles. The number of nitrogens with zero attached hydrogens (tertiary/aromatic N) is 1. The Morgan fingerprint density at radius 1 is 1.44 bits per heavy atom. The molecular weight excluding hydrogens is 228 g/mol. The van der Waals surface area contributed by atoms with Crippen LogP contribution in [0, 0.1) is 0 Å². The van der Waals surface area contributed by atoms with E-state index in [9.17, 15) is 4.79 Å². The van der Waals surface area contributed by atoms with Crippen molar-refractivity contribution in [2.45, 2.75) is 25.5 Å². The second kappa shape index (κ2) is 5.08. The van der Waals surface area contributed by atoms with Gasteiger partial charge >= 0.3 is 0 Å². The van der Waals surface area contributed by atoms with Crippen LogP contribution in [-0.4, -0.2) is 36.0 Å². The molecule has 2 N–H and O–H groups in total. The number of carbonyl (C=O) groups excluding carboxylic acids is 1. The van der Waals surface area contributed by atoms with E-state index in [4.69, 9.17) is 10.5 Å². The average molecular weight is 248 g/mol. The van der Waals surface area contributed by atoms with Gasteiger partial charge in [0.1, 0.15) is 6.10 Å². The van der Waals surface area contributed by atoms with Crippen LogP contribution in [0.15, 0.2) is 30.3 Å². The van der Waals surface area contributed by atoms with E-state index >= 15 is 0 Å². The molecule has 4 heteroatoms. The van der Waals surface area contributed by atoms with Crippen molar-refractivity contribution in [1.82, 2.24) is 4.90 Å². The van der Waals surface area contributed by atoms with Gasteiger partial charge < -0.3 is 15.4 Å². The zero-order valence-corrected chi connectivity index (χ0v) is 10.9. The molecule has 18 heavy (non-hydrogen) atoms. The first kappa shape index (κ1) is 13.1. The Balaban J connectivity index is 2.17. The first-order valence-electron chi connectivity index (χ1n) is 6.21. The third-order valence-corrected chi connectivity index (χ3v) is 3.36. The summed E-state index contributed by atoms with van der Waals surface area (Å²) >= 11 is 0. The van der Waals surface area contributed by atoms with Crippen molar-refractivity contribution < 1.29 is 9.53 Å². The van der Waals surface area contributed by atoms with Crippen molar-refractivity contribution in [3.8, 4) is 0 Å². The van der Waals surface area contributed by atoms with Crippen molar-refractivity contribution in [3.05, 3.63) is 35.9 Å². The monoisotopic (exact) mass is 248 g/mol. The maximum absolute atomic E-state index is 11.9. The molecule has 1 heterocycles. The van der Waals surface area contributed by atoms with E-state index in [2.05, 4.69) is 0 Å². The summed E-state index contributed by atoms with van der Waals surface area (Å²) in [6.45, 7) is 5.14.